The average Bonchev–Trinajstić information content (AvgIpc) is 2.40. The van der Waals surface area contributed by atoms with Gasteiger partial charge in [0.25, 0.3) is 0 Å². The highest BCUT2D eigenvalue weighted by molar-refractivity contribution is 5.84. The third kappa shape index (κ3) is 3.59. The molecule has 1 rings (SSSR count). The molecule has 0 radical (unpaired) electrons. The van der Waals surface area contributed by atoms with Crippen LogP contribution in [0.1, 0.15) is 26.7 Å². The standard InChI is InChI=1S/C12H22N2O2/c1-4-10(2)11(15)8-14-7-5-6-13(3)12(16)9-14/h10H,4-9H2,1-3H3. The molecule has 0 aromatic carbocycles. The summed E-state index contributed by atoms with van der Waals surface area (Å²) in [6.07, 6.45) is 1.83. The predicted molar refractivity (Wildman–Crippen MR) is 63.2 cm³/mol. The summed E-state index contributed by atoms with van der Waals surface area (Å²) in [5.41, 5.74) is 0. The lowest BCUT2D eigenvalue weighted by atomic mass is 10.0. The van der Waals surface area contributed by atoms with E-state index in [2.05, 4.69) is 0 Å². The summed E-state index contributed by atoms with van der Waals surface area (Å²) in [5, 5.41) is 0. The maximum Gasteiger partial charge on any atom is 0.236 e. The summed E-state index contributed by atoms with van der Waals surface area (Å²) in [5.74, 6) is 0.477. The second kappa shape index (κ2) is 5.99. The fourth-order valence-electron chi connectivity index (χ4n) is 1.79. The van der Waals surface area contributed by atoms with Gasteiger partial charge in [0.05, 0.1) is 13.1 Å². The molecule has 1 heterocycles. The second-order valence-corrected chi connectivity index (χ2v) is 4.66. The SMILES string of the molecule is CCC(C)C(=O)CN1CCCN(C)C(=O)C1. The number of hydrogen-bond donors (Lipinski definition) is 0. The molecule has 0 aromatic heterocycles. The Hall–Kier alpha value is -0.900. The lowest BCUT2D eigenvalue weighted by Crippen LogP contribution is -2.38. The minimum atomic E-state index is 0.107. The fourth-order valence-corrected chi connectivity index (χ4v) is 1.79. The van der Waals surface area contributed by atoms with E-state index in [1.54, 1.807) is 4.90 Å². The molecule has 0 aliphatic carbocycles. The molecule has 92 valence electrons. The van der Waals surface area contributed by atoms with Crippen LogP contribution in [0.25, 0.3) is 0 Å². The molecule has 4 nitrogen and oxygen atoms in total. The first-order valence-electron chi connectivity index (χ1n) is 6.03. The number of rotatable bonds is 4. The van der Waals surface area contributed by atoms with Gasteiger partial charge in [-0.1, -0.05) is 13.8 Å². The van der Waals surface area contributed by atoms with Crippen molar-refractivity contribution < 1.29 is 9.59 Å². The summed E-state index contributed by atoms with van der Waals surface area (Å²) in [7, 11) is 1.82. The zero-order chi connectivity index (χ0) is 12.1. The summed E-state index contributed by atoms with van der Waals surface area (Å²) in [6.45, 7) is 6.43. The van der Waals surface area contributed by atoms with Gasteiger partial charge < -0.3 is 4.90 Å². The van der Waals surface area contributed by atoms with Crippen molar-refractivity contribution in [3.05, 3.63) is 0 Å². The van der Waals surface area contributed by atoms with E-state index in [4.69, 9.17) is 0 Å². The molecule has 0 saturated carbocycles. The molecule has 1 amide bonds. The minimum Gasteiger partial charge on any atom is -0.345 e. The van der Waals surface area contributed by atoms with Gasteiger partial charge in [-0.05, 0) is 12.8 Å². The lowest BCUT2D eigenvalue weighted by molar-refractivity contribution is -0.130. The largest absolute Gasteiger partial charge is 0.345 e. The first-order chi connectivity index (χ1) is 7.54. The number of likely N-dealkylation sites (N-methyl/N-ethyl adjacent to an activating group) is 1. The third-order valence-electron chi connectivity index (χ3n) is 3.29. The van der Waals surface area contributed by atoms with Crippen LogP contribution in [0, 0.1) is 5.92 Å². The Balaban J connectivity index is 2.48. The molecular formula is C12H22N2O2. The molecule has 1 atom stereocenters. The van der Waals surface area contributed by atoms with Gasteiger partial charge in [-0.2, -0.15) is 0 Å². The van der Waals surface area contributed by atoms with Gasteiger partial charge in [0.1, 0.15) is 5.78 Å². The number of amides is 1. The summed E-state index contributed by atoms with van der Waals surface area (Å²) in [6, 6.07) is 0. The number of nitrogens with zero attached hydrogens (tertiary/aromatic N) is 2. The quantitative estimate of drug-likeness (QED) is 0.711. The van der Waals surface area contributed by atoms with Gasteiger partial charge in [-0.15, -0.1) is 0 Å². The molecule has 1 saturated heterocycles. The molecule has 1 aliphatic heterocycles. The second-order valence-electron chi connectivity index (χ2n) is 4.66. The van der Waals surface area contributed by atoms with Crippen LogP contribution in [0.5, 0.6) is 0 Å². The van der Waals surface area contributed by atoms with Crippen LogP contribution in [0.3, 0.4) is 0 Å². The normalized spacial score (nSPS) is 20.7. The lowest BCUT2D eigenvalue weighted by Gasteiger charge is -2.20. The molecule has 1 unspecified atom stereocenters. The van der Waals surface area contributed by atoms with E-state index in [0.717, 1.165) is 25.9 Å². The molecule has 1 fully saturated rings. The van der Waals surface area contributed by atoms with E-state index >= 15 is 0 Å². The van der Waals surface area contributed by atoms with Crippen LogP contribution in [0.4, 0.5) is 0 Å². The van der Waals surface area contributed by atoms with Gasteiger partial charge in [0.15, 0.2) is 0 Å². The first-order valence-corrected chi connectivity index (χ1v) is 6.03. The van der Waals surface area contributed by atoms with Crippen LogP contribution in [-0.2, 0) is 9.59 Å². The molecule has 0 aromatic rings. The Morgan fingerprint density at radius 2 is 2.12 bits per heavy atom. The minimum absolute atomic E-state index is 0.107. The van der Waals surface area contributed by atoms with E-state index in [9.17, 15) is 9.59 Å². The highest BCUT2D eigenvalue weighted by Gasteiger charge is 2.22. The van der Waals surface area contributed by atoms with Crippen molar-refractivity contribution in [1.29, 1.82) is 0 Å². The van der Waals surface area contributed by atoms with Gasteiger partial charge in [-0.25, -0.2) is 0 Å². The van der Waals surface area contributed by atoms with Crippen LogP contribution < -0.4 is 0 Å². The predicted octanol–water partition coefficient (Wildman–Crippen LogP) is 0.766. The monoisotopic (exact) mass is 226 g/mol. The van der Waals surface area contributed by atoms with Crippen molar-refractivity contribution in [2.45, 2.75) is 26.7 Å². The third-order valence-corrected chi connectivity index (χ3v) is 3.29. The van der Waals surface area contributed by atoms with Gasteiger partial charge in [-0.3, -0.25) is 14.5 Å². The maximum atomic E-state index is 11.8. The van der Waals surface area contributed by atoms with E-state index in [1.807, 2.05) is 25.8 Å². The highest BCUT2D eigenvalue weighted by Crippen LogP contribution is 2.07. The molecule has 0 spiro atoms. The van der Waals surface area contributed by atoms with Crippen LogP contribution in [-0.4, -0.2) is 54.7 Å². The molecule has 1 aliphatic rings. The molecule has 0 bridgehead atoms. The molecule has 0 N–H and O–H groups in total. The van der Waals surface area contributed by atoms with Gasteiger partial charge >= 0.3 is 0 Å². The van der Waals surface area contributed by atoms with Crippen molar-refractivity contribution in [3.63, 3.8) is 0 Å². The van der Waals surface area contributed by atoms with E-state index < -0.39 is 0 Å². The van der Waals surface area contributed by atoms with Crippen molar-refractivity contribution in [2.24, 2.45) is 5.92 Å². The number of carbonyl (C=O) groups is 2. The van der Waals surface area contributed by atoms with Gasteiger partial charge in [0, 0.05) is 26.1 Å². The average molecular weight is 226 g/mol. The fraction of sp³-hybridized carbons (Fsp3) is 0.833. The number of carbonyl (C=O) groups excluding carboxylic acids is 2. The Morgan fingerprint density at radius 3 is 2.75 bits per heavy atom. The summed E-state index contributed by atoms with van der Waals surface area (Å²) < 4.78 is 0. The number of ketones is 1. The van der Waals surface area contributed by atoms with Gasteiger partial charge in [0.2, 0.25) is 5.91 Å². The van der Waals surface area contributed by atoms with Crippen molar-refractivity contribution in [3.8, 4) is 0 Å². The van der Waals surface area contributed by atoms with Crippen LogP contribution in [0.15, 0.2) is 0 Å². The molecule has 16 heavy (non-hydrogen) atoms. The van der Waals surface area contributed by atoms with Crippen molar-refractivity contribution >= 4 is 11.7 Å². The maximum absolute atomic E-state index is 11.8. The number of Topliss-reactive ketones (excluding diaryl/α,β-unsaturated/α-hetero) is 1. The van der Waals surface area contributed by atoms with Crippen LogP contribution in [0.2, 0.25) is 0 Å². The Bertz CT molecular complexity index is 266. The van der Waals surface area contributed by atoms with Crippen LogP contribution >= 0.6 is 0 Å². The molecular weight excluding hydrogens is 204 g/mol. The highest BCUT2D eigenvalue weighted by atomic mass is 16.2. The Kier molecular flexibility index (Phi) is 4.93. The Labute approximate surface area is 97.6 Å². The van der Waals surface area contributed by atoms with E-state index in [-0.39, 0.29) is 17.6 Å². The first kappa shape index (κ1) is 13.2. The number of hydrogen-bond acceptors (Lipinski definition) is 3. The zero-order valence-corrected chi connectivity index (χ0v) is 10.5. The Morgan fingerprint density at radius 1 is 1.44 bits per heavy atom. The van der Waals surface area contributed by atoms with E-state index in [1.165, 1.54) is 0 Å². The topological polar surface area (TPSA) is 40.6 Å². The smallest absolute Gasteiger partial charge is 0.236 e. The summed E-state index contributed by atoms with van der Waals surface area (Å²) in [4.78, 5) is 27.1. The summed E-state index contributed by atoms with van der Waals surface area (Å²) >= 11 is 0. The van der Waals surface area contributed by atoms with E-state index in [0.29, 0.717) is 13.1 Å². The van der Waals surface area contributed by atoms with Crippen molar-refractivity contribution in [1.82, 2.24) is 9.80 Å². The molecule has 4 heteroatoms. The van der Waals surface area contributed by atoms with Crippen molar-refractivity contribution in [2.75, 3.05) is 33.2 Å². The zero-order valence-electron chi connectivity index (χ0n) is 10.5.